The molecule has 2 aromatic rings. The number of hydrogen-bond donors (Lipinski definition) is 0. The maximum absolute atomic E-state index is 12.0. The van der Waals surface area contributed by atoms with Crippen molar-refractivity contribution < 1.29 is 14.5 Å². The van der Waals surface area contributed by atoms with E-state index < -0.39 is 10.9 Å². The molecule has 0 saturated carbocycles. The van der Waals surface area contributed by atoms with Crippen LogP contribution in [-0.4, -0.2) is 36.4 Å². The lowest BCUT2D eigenvalue weighted by Gasteiger charge is -2.09. The molecule has 0 aromatic heterocycles. The maximum Gasteiger partial charge on any atom is 0.343 e. The summed E-state index contributed by atoms with van der Waals surface area (Å²) in [7, 11) is 4.03. The van der Waals surface area contributed by atoms with Crippen LogP contribution in [0.3, 0.4) is 0 Å². The molecule has 0 aliphatic rings. The summed E-state index contributed by atoms with van der Waals surface area (Å²) in [6, 6.07) is 12.6. The molecule has 2 rings (SSSR count). The first-order valence-corrected chi connectivity index (χ1v) is 7.16. The summed E-state index contributed by atoms with van der Waals surface area (Å²) in [5.41, 5.74) is 1.37. The van der Waals surface area contributed by atoms with E-state index in [9.17, 15) is 14.9 Å². The Balaban J connectivity index is 1.98. The largest absolute Gasteiger partial charge is 0.423 e. The van der Waals surface area contributed by atoms with Crippen LogP contribution in [0.1, 0.15) is 15.9 Å². The predicted octanol–water partition coefficient (Wildman–Crippen LogP) is 2.92. The molecular weight excluding hydrogens is 296 g/mol. The molecule has 0 bridgehead atoms. The number of nitrogens with zero attached hydrogens (tertiary/aromatic N) is 2. The van der Waals surface area contributed by atoms with Crippen LogP contribution in [0.4, 0.5) is 5.69 Å². The third kappa shape index (κ3) is 4.89. The van der Waals surface area contributed by atoms with E-state index in [1.807, 2.05) is 26.2 Å². The van der Waals surface area contributed by atoms with Crippen molar-refractivity contribution in [3.05, 3.63) is 69.8 Å². The van der Waals surface area contributed by atoms with Gasteiger partial charge in [-0.1, -0.05) is 12.1 Å². The second kappa shape index (κ2) is 7.51. The van der Waals surface area contributed by atoms with E-state index in [2.05, 4.69) is 4.90 Å². The molecule has 0 N–H and O–H groups in total. The quantitative estimate of drug-likeness (QED) is 0.355. The highest BCUT2D eigenvalue weighted by Gasteiger charge is 2.11. The summed E-state index contributed by atoms with van der Waals surface area (Å²) in [4.78, 5) is 24.2. The molecule has 0 saturated heterocycles. The van der Waals surface area contributed by atoms with Gasteiger partial charge in [0.2, 0.25) is 0 Å². The average Bonchev–Trinajstić information content (AvgIpc) is 2.54. The monoisotopic (exact) mass is 314 g/mol. The van der Waals surface area contributed by atoms with Crippen LogP contribution in [0, 0.1) is 10.1 Å². The first kappa shape index (κ1) is 16.6. The topological polar surface area (TPSA) is 72.7 Å². The fraction of sp³-hybridized carbons (Fsp3) is 0.235. The number of likely N-dealkylation sites (N-methyl/N-ethyl adjacent to an activating group) is 1. The molecule has 23 heavy (non-hydrogen) atoms. The third-order valence-corrected chi connectivity index (χ3v) is 3.30. The third-order valence-electron chi connectivity index (χ3n) is 3.30. The lowest BCUT2D eigenvalue weighted by Crippen LogP contribution is -2.15. The molecule has 6 heteroatoms. The van der Waals surface area contributed by atoms with E-state index >= 15 is 0 Å². The second-order valence-corrected chi connectivity index (χ2v) is 5.39. The SMILES string of the molecule is CN(C)CCc1ccc(OC(=O)c2ccc([N+](=O)[O-])cc2)cc1. The van der Waals surface area contributed by atoms with Gasteiger partial charge in [-0.3, -0.25) is 10.1 Å². The number of rotatable bonds is 6. The van der Waals surface area contributed by atoms with Crippen molar-refractivity contribution in [3.8, 4) is 5.75 Å². The molecule has 6 nitrogen and oxygen atoms in total. The normalized spacial score (nSPS) is 10.6. The van der Waals surface area contributed by atoms with Crippen LogP contribution in [-0.2, 0) is 6.42 Å². The summed E-state index contributed by atoms with van der Waals surface area (Å²) in [6.07, 6.45) is 0.920. The van der Waals surface area contributed by atoms with Crippen LogP contribution < -0.4 is 4.74 Å². The second-order valence-electron chi connectivity index (χ2n) is 5.39. The van der Waals surface area contributed by atoms with Gasteiger partial charge in [0.05, 0.1) is 10.5 Å². The molecule has 0 radical (unpaired) electrons. The molecule has 0 atom stereocenters. The Morgan fingerprint density at radius 2 is 1.70 bits per heavy atom. The molecule has 0 amide bonds. The Labute approximate surface area is 134 Å². The summed E-state index contributed by atoms with van der Waals surface area (Å²) in [6.45, 7) is 0.946. The molecule has 0 spiro atoms. The average molecular weight is 314 g/mol. The van der Waals surface area contributed by atoms with Gasteiger partial charge in [0, 0.05) is 18.7 Å². The summed E-state index contributed by atoms with van der Waals surface area (Å²) in [5, 5.41) is 10.6. The molecule has 2 aromatic carbocycles. The first-order chi connectivity index (χ1) is 11.0. The van der Waals surface area contributed by atoms with Gasteiger partial charge >= 0.3 is 5.97 Å². The molecular formula is C17H18N2O4. The van der Waals surface area contributed by atoms with Crippen LogP contribution in [0.25, 0.3) is 0 Å². The molecule has 120 valence electrons. The zero-order chi connectivity index (χ0) is 16.8. The summed E-state index contributed by atoms with van der Waals surface area (Å²) < 4.78 is 5.26. The van der Waals surface area contributed by atoms with Gasteiger partial charge in [0.25, 0.3) is 5.69 Å². The minimum absolute atomic E-state index is 0.0632. The minimum atomic E-state index is -0.541. The highest BCUT2D eigenvalue weighted by molar-refractivity contribution is 5.91. The van der Waals surface area contributed by atoms with Crippen LogP contribution in [0.2, 0.25) is 0 Å². The van der Waals surface area contributed by atoms with E-state index in [0.29, 0.717) is 5.75 Å². The Kier molecular flexibility index (Phi) is 5.43. The number of nitro groups is 1. The number of benzene rings is 2. The summed E-state index contributed by atoms with van der Waals surface area (Å²) in [5.74, 6) is -0.0945. The molecule has 0 heterocycles. The maximum atomic E-state index is 12.0. The molecule has 0 aliphatic carbocycles. The standard InChI is InChI=1S/C17H18N2O4/c1-18(2)12-11-13-3-9-16(10-4-13)23-17(20)14-5-7-15(8-6-14)19(21)22/h3-10H,11-12H2,1-2H3. The Morgan fingerprint density at radius 3 is 2.22 bits per heavy atom. The van der Waals surface area contributed by atoms with Crippen molar-refractivity contribution in [2.75, 3.05) is 20.6 Å². The van der Waals surface area contributed by atoms with Crippen LogP contribution in [0.5, 0.6) is 5.75 Å². The Morgan fingerprint density at radius 1 is 1.09 bits per heavy atom. The smallest absolute Gasteiger partial charge is 0.343 e. The number of carbonyl (C=O) groups excluding carboxylic acids is 1. The van der Waals surface area contributed by atoms with Crippen molar-refractivity contribution in [2.24, 2.45) is 0 Å². The fourth-order valence-corrected chi connectivity index (χ4v) is 1.96. The van der Waals surface area contributed by atoms with E-state index in [4.69, 9.17) is 4.74 Å². The Bertz CT molecular complexity index is 679. The highest BCUT2D eigenvalue weighted by atomic mass is 16.6. The van der Waals surface area contributed by atoms with Gasteiger partial charge in [0.15, 0.2) is 0 Å². The van der Waals surface area contributed by atoms with Crippen LogP contribution >= 0.6 is 0 Å². The van der Waals surface area contributed by atoms with Crippen molar-refractivity contribution in [1.82, 2.24) is 4.90 Å². The van der Waals surface area contributed by atoms with Crippen molar-refractivity contribution >= 4 is 11.7 Å². The van der Waals surface area contributed by atoms with Gasteiger partial charge in [0.1, 0.15) is 5.75 Å². The fourth-order valence-electron chi connectivity index (χ4n) is 1.96. The number of nitro benzene ring substituents is 1. The van der Waals surface area contributed by atoms with E-state index in [1.165, 1.54) is 24.3 Å². The van der Waals surface area contributed by atoms with Crippen LogP contribution in [0.15, 0.2) is 48.5 Å². The van der Waals surface area contributed by atoms with E-state index in [1.54, 1.807) is 12.1 Å². The molecule has 0 fully saturated rings. The van der Waals surface area contributed by atoms with Crippen molar-refractivity contribution in [3.63, 3.8) is 0 Å². The van der Waals surface area contributed by atoms with Crippen molar-refractivity contribution in [2.45, 2.75) is 6.42 Å². The molecule has 0 aliphatic heterocycles. The molecule has 0 unspecified atom stereocenters. The first-order valence-electron chi connectivity index (χ1n) is 7.16. The van der Waals surface area contributed by atoms with Gasteiger partial charge in [-0.2, -0.15) is 0 Å². The Hall–Kier alpha value is -2.73. The van der Waals surface area contributed by atoms with Crippen molar-refractivity contribution in [1.29, 1.82) is 0 Å². The number of non-ortho nitro benzene ring substituents is 1. The van der Waals surface area contributed by atoms with Gasteiger partial charge in [-0.05, 0) is 50.3 Å². The highest BCUT2D eigenvalue weighted by Crippen LogP contribution is 2.17. The zero-order valence-corrected chi connectivity index (χ0v) is 13.1. The van der Waals surface area contributed by atoms with E-state index in [-0.39, 0.29) is 11.3 Å². The number of ether oxygens (including phenoxy) is 1. The lowest BCUT2D eigenvalue weighted by atomic mass is 10.1. The number of hydrogen-bond acceptors (Lipinski definition) is 5. The minimum Gasteiger partial charge on any atom is -0.423 e. The van der Waals surface area contributed by atoms with E-state index in [0.717, 1.165) is 18.5 Å². The van der Waals surface area contributed by atoms with Gasteiger partial charge in [-0.25, -0.2) is 4.79 Å². The lowest BCUT2D eigenvalue weighted by molar-refractivity contribution is -0.384. The zero-order valence-electron chi connectivity index (χ0n) is 13.1. The van der Waals surface area contributed by atoms with Gasteiger partial charge < -0.3 is 9.64 Å². The summed E-state index contributed by atoms with van der Waals surface area (Å²) >= 11 is 0. The number of carbonyl (C=O) groups is 1. The van der Waals surface area contributed by atoms with Gasteiger partial charge in [-0.15, -0.1) is 0 Å². The number of esters is 1. The predicted molar refractivity (Wildman–Crippen MR) is 86.8 cm³/mol.